The van der Waals surface area contributed by atoms with E-state index >= 15 is 0 Å². The highest BCUT2D eigenvalue weighted by molar-refractivity contribution is 7.92. The van der Waals surface area contributed by atoms with Gasteiger partial charge in [-0.3, -0.25) is 0 Å². The topological polar surface area (TPSA) is 74.6 Å². The van der Waals surface area contributed by atoms with Crippen molar-refractivity contribution < 1.29 is 18.6 Å². The van der Waals surface area contributed by atoms with Crippen LogP contribution in [0.1, 0.15) is 5.56 Å². The first-order chi connectivity index (χ1) is 7.39. The maximum Gasteiger partial charge on any atom is 0.207 e. The van der Waals surface area contributed by atoms with Gasteiger partial charge in [0, 0.05) is 0 Å². The zero-order valence-electron chi connectivity index (χ0n) is 8.67. The van der Waals surface area contributed by atoms with E-state index in [-0.39, 0.29) is 10.8 Å². The highest BCUT2D eigenvalue weighted by Crippen LogP contribution is 2.18. The van der Waals surface area contributed by atoms with E-state index in [9.17, 15) is 18.6 Å². The van der Waals surface area contributed by atoms with Crippen LogP contribution in [-0.4, -0.2) is 36.1 Å². The molecule has 0 aliphatic carbocycles. The number of aryl methyl sites for hydroxylation is 1. The molecule has 0 radical (unpaired) electrons. The summed E-state index contributed by atoms with van der Waals surface area (Å²) in [6.07, 6.45) is -1.49. The molecule has 2 N–H and O–H groups in total. The summed E-state index contributed by atoms with van der Waals surface area (Å²) in [5.74, 6) is -0.341. The molecule has 2 atom stereocenters. The Kier molecular flexibility index (Phi) is 4.32. The highest BCUT2D eigenvalue weighted by atomic mass is 35.5. The monoisotopic (exact) mass is 264 g/mol. The SMILES string of the molecule is Cc1ccc(S(=O)(=O)C(O)C(O)CCl)cc1. The Bertz CT molecular complexity index is 440. The van der Waals surface area contributed by atoms with Gasteiger partial charge in [0.05, 0.1) is 10.8 Å². The molecule has 0 fully saturated rings. The van der Waals surface area contributed by atoms with Crippen LogP contribution in [0.3, 0.4) is 0 Å². The van der Waals surface area contributed by atoms with Gasteiger partial charge in [-0.05, 0) is 19.1 Å². The van der Waals surface area contributed by atoms with E-state index in [4.69, 9.17) is 11.6 Å². The summed E-state index contributed by atoms with van der Waals surface area (Å²) < 4.78 is 23.6. The quantitative estimate of drug-likeness (QED) is 0.785. The van der Waals surface area contributed by atoms with Crippen LogP contribution < -0.4 is 0 Å². The Hall–Kier alpha value is -0.620. The van der Waals surface area contributed by atoms with Crippen LogP contribution in [0.2, 0.25) is 0 Å². The van der Waals surface area contributed by atoms with Crippen molar-refractivity contribution in [3.63, 3.8) is 0 Å². The second-order valence-electron chi connectivity index (χ2n) is 3.47. The van der Waals surface area contributed by atoms with Gasteiger partial charge in [0.15, 0.2) is 5.44 Å². The summed E-state index contributed by atoms with van der Waals surface area (Å²) in [6, 6.07) is 6.00. The fraction of sp³-hybridized carbons (Fsp3) is 0.400. The Morgan fingerprint density at radius 2 is 1.75 bits per heavy atom. The second-order valence-corrected chi connectivity index (χ2v) is 5.82. The van der Waals surface area contributed by atoms with Gasteiger partial charge in [-0.15, -0.1) is 11.6 Å². The number of aliphatic hydroxyl groups excluding tert-OH is 2. The van der Waals surface area contributed by atoms with Crippen LogP contribution in [-0.2, 0) is 9.84 Å². The largest absolute Gasteiger partial charge is 0.388 e. The van der Waals surface area contributed by atoms with Gasteiger partial charge in [-0.25, -0.2) is 8.42 Å². The first kappa shape index (κ1) is 13.4. The van der Waals surface area contributed by atoms with Crippen LogP contribution in [0.4, 0.5) is 0 Å². The molecule has 16 heavy (non-hydrogen) atoms. The maximum absolute atomic E-state index is 11.8. The first-order valence-corrected chi connectivity index (χ1v) is 6.70. The number of halogens is 1. The predicted octanol–water partition coefficient (Wildman–Crippen LogP) is 0.687. The van der Waals surface area contributed by atoms with Gasteiger partial charge in [-0.2, -0.15) is 0 Å². The van der Waals surface area contributed by atoms with Crippen molar-refractivity contribution in [2.75, 3.05) is 5.88 Å². The summed E-state index contributed by atoms with van der Waals surface area (Å²) in [5.41, 5.74) is -0.987. The molecular weight excluding hydrogens is 252 g/mol. The van der Waals surface area contributed by atoms with Gasteiger partial charge in [0.2, 0.25) is 9.84 Å². The molecule has 0 spiro atoms. The number of alkyl halides is 1. The summed E-state index contributed by atoms with van der Waals surface area (Å²) in [6.45, 7) is 1.82. The van der Waals surface area contributed by atoms with Crippen molar-refractivity contribution in [2.45, 2.75) is 23.4 Å². The molecular formula is C10H13ClO4S. The van der Waals surface area contributed by atoms with E-state index in [1.807, 2.05) is 6.92 Å². The van der Waals surface area contributed by atoms with Gasteiger partial charge in [0.25, 0.3) is 0 Å². The lowest BCUT2D eigenvalue weighted by molar-refractivity contribution is 0.0833. The molecule has 1 aromatic rings. The van der Waals surface area contributed by atoms with E-state index < -0.39 is 21.4 Å². The van der Waals surface area contributed by atoms with E-state index in [1.165, 1.54) is 12.1 Å². The molecule has 90 valence electrons. The fourth-order valence-corrected chi connectivity index (χ4v) is 2.73. The number of sulfone groups is 1. The molecule has 0 saturated heterocycles. The third kappa shape index (κ3) is 2.74. The lowest BCUT2D eigenvalue weighted by atomic mass is 10.2. The minimum absolute atomic E-state index is 0.0326. The van der Waals surface area contributed by atoms with Crippen molar-refractivity contribution in [1.29, 1.82) is 0 Å². The predicted molar refractivity (Wildman–Crippen MR) is 61.1 cm³/mol. The molecule has 6 heteroatoms. The molecule has 4 nitrogen and oxygen atoms in total. The van der Waals surface area contributed by atoms with Crippen LogP contribution in [0.15, 0.2) is 29.2 Å². The van der Waals surface area contributed by atoms with Crippen molar-refractivity contribution in [3.8, 4) is 0 Å². The van der Waals surface area contributed by atoms with E-state index in [0.29, 0.717) is 0 Å². The molecule has 1 rings (SSSR count). The summed E-state index contributed by atoms with van der Waals surface area (Å²) in [7, 11) is -3.95. The molecule has 0 saturated carbocycles. The lowest BCUT2D eigenvalue weighted by Gasteiger charge is -2.16. The van der Waals surface area contributed by atoms with Gasteiger partial charge in [-0.1, -0.05) is 17.7 Å². The number of hydrogen-bond acceptors (Lipinski definition) is 4. The van der Waals surface area contributed by atoms with Crippen molar-refractivity contribution in [3.05, 3.63) is 29.8 Å². The van der Waals surface area contributed by atoms with E-state index in [2.05, 4.69) is 0 Å². The fourth-order valence-electron chi connectivity index (χ4n) is 1.15. The third-order valence-electron chi connectivity index (χ3n) is 2.15. The minimum Gasteiger partial charge on any atom is -0.388 e. The lowest BCUT2D eigenvalue weighted by Crippen LogP contribution is -2.35. The molecule has 0 aromatic heterocycles. The van der Waals surface area contributed by atoms with Gasteiger partial charge >= 0.3 is 0 Å². The molecule has 1 aromatic carbocycles. The number of rotatable bonds is 4. The Labute approximate surface area is 99.4 Å². The van der Waals surface area contributed by atoms with Gasteiger partial charge < -0.3 is 10.2 Å². The molecule has 0 aliphatic rings. The third-order valence-corrected chi connectivity index (χ3v) is 4.35. The van der Waals surface area contributed by atoms with E-state index in [0.717, 1.165) is 5.56 Å². The smallest absolute Gasteiger partial charge is 0.207 e. The Balaban J connectivity index is 3.07. The normalized spacial score (nSPS) is 15.8. The van der Waals surface area contributed by atoms with Crippen LogP contribution in [0.5, 0.6) is 0 Å². The molecule has 0 aliphatic heterocycles. The second kappa shape index (κ2) is 5.14. The summed E-state index contributed by atoms with van der Waals surface area (Å²) in [5, 5.41) is 18.7. The number of hydrogen-bond donors (Lipinski definition) is 2. The zero-order valence-corrected chi connectivity index (χ0v) is 10.2. The Morgan fingerprint density at radius 3 is 2.19 bits per heavy atom. The molecule has 2 unspecified atom stereocenters. The van der Waals surface area contributed by atoms with Crippen molar-refractivity contribution in [2.24, 2.45) is 0 Å². The van der Waals surface area contributed by atoms with Gasteiger partial charge in [0.1, 0.15) is 6.10 Å². The maximum atomic E-state index is 11.8. The summed E-state index contributed by atoms with van der Waals surface area (Å²) in [4.78, 5) is -0.0326. The standard InChI is InChI=1S/C10H13ClO4S/c1-7-2-4-8(5-3-7)16(14,15)10(13)9(12)6-11/h2-5,9-10,12-13H,6H2,1H3. The average Bonchev–Trinajstić information content (AvgIpc) is 2.27. The number of benzene rings is 1. The highest BCUT2D eigenvalue weighted by Gasteiger charge is 2.31. The van der Waals surface area contributed by atoms with Crippen molar-refractivity contribution in [1.82, 2.24) is 0 Å². The van der Waals surface area contributed by atoms with Crippen LogP contribution >= 0.6 is 11.6 Å². The molecule has 0 bridgehead atoms. The zero-order chi connectivity index (χ0) is 12.3. The number of aliphatic hydroxyl groups is 2. The Morgan fingerprint density at radius 1 is 1.25 bits per heavy atom. The van der Waals surface area contributed by atoms with Crippen molar-refractivity contribution >= 4 is 21.4 Å². The molecule has 0 amide bonds. The summed E-state index contributed by atoms with van der Waals surface area (Å²) >= 11 is 5.29. The first-order valence-electron chi connectivity index (χ1n) is 4.62. The average molecular weight is 265 g/mol. The van der Waals surface area contributed by atoms with E-state index in [1.54, 1.807) is 12.1 Å². The minimum atomic E-state index is -3.95. The molecule has 0 heterocycles. The van der Waals surface area contributed by atoms with Crippen LogP contribution in [0, 0.1) is 6.92 Å². The van der Waals surface area contributed by atoms with Crippen LogP contribution in [0.25, 0.3) is 0 Å².